The van der Waals surface area contributed by atoms with E-state index in [-0.39, 0.29) is 0 Å². The van der Waals surface area contributed by atoms with Crippen LogP contribution in [0.1, 0.15) is 11.1 Å². The van der Waals surface area contributed by atoms with Crippen LogP contribution >= 0.6 is 0 Å². The number of nitrogens with zero attached hydrogens (tertiary/aromatic N) is 6. The third kappa shape index (κ3) is 5.13. The summed E-state index contributed by atoms with van der Waals surface area (Å²) in [6.07, 6.45) is 4.55. The van der Waals surface area contributed by atoms with Crippen LogP contribution in [0, 0.1) is 0 Å². The molecule has 0 unspecified atom stereocenters. The third-order valence-electron chi connectivity index (χ3n) is 6.46. The molecule has 182 valence electrons. The lowest BCUT2D eigenvalue weighted by Gasteiger charge is -2.28. The molecule has 0 spiro atoms. The fraction of sp³-hybridized carbons (Fsp3) is 0.370. The van der Waals surface area contributed by atoms with Gasteiger partial charge in [0.05, 0.1) is 18.9 Å². The highest BCUT2D eigenvalue weighted by Crippen LogP contribution is 2.39. The van der Waals surface area contributed by atoms with Gasteiger partial charge in [-0.1, -0.05) is 24.8 Å². The number of fused-ring (bicyclic) bond motifs is 1. The van der Waals surface area contributed by atoms with E-state index in [1.165, 1.54) is 5.56 Å². The number of ether oxygens (including phenoxy) is 1. The first-order chi connectivity index (χ1) is 17.1. The minimum absolute atomic E-state index is 0.692. The molecule has 2 aliphatic rings. The lowest BCUT2D eigenvalue weighted by atomic mass is 10.0. The van der Waals surface area contributed by atoms with Crippen LogP contribution in [0.3, 0.4) is 0 Å². The van der Waals surface area contributed by atoms with Crippen molar-refractivity contribution in [1.29, 1.82) is 0 Å². The Balaban J connectivity index is 1.52. The van der Waals surface area contributed by atoms with E-state index in [0.29, 0.717) is 13.2 Å². The first kappa shape index (κ1) is 23.3. The Bertz CT molecular complexity index is 1180. The second-order valence-corrected chi connectivity index (χ2v) is 9.17. The first-order valence-corrected chi connectivity index (χ1v) is 12.2. The van der Waals surface area contributed by atoms with Crippen molar-refractivity contribution in [1.82, 2.24) is 25.2 Å². The van der Waals surface area contributed by atoms with Gasteiger partial charge in [0.2, 0.25) is 5.95 Å². The average molecular weight is 472 g/mol. The summed E-state index contributed by atoms with van der Waals surface area (Å²) >= 11 is 0. The maximum absolute atomic E-state index is 5.57. The van der Waals surface area contributed by atoms with Gasteiger partial charge >= 0.3 is 0 Å². The average Bonchev–Trinajstić information content (AvgIpc) is 3.33. The lowest BCUT2D eigenvalue weighted by molar-refractivity contribution is 0.122. The highest BCUT2D eigenvalue weighted by Gasteiger charge is 2.29. The smallest absolute Gasteiger partial charge is 0.228 e. The van der Waals surface area contributed by atoms with Gasteiger partial charge in [0.1, 0.15) is 5.82 Å². The van der Waals surface area contributed by atoms with E-state index < -0.39 is 0 Å². The van der Waals surface area contributed by atoms with Crippen LogP contribution in [0.15, 0.2) is 55.4 Å². The predicted molar refractivity (Wildman–Crippen MR) is 141 cm³/mol. The van der Waals surface area contributed by atoms with Crippen LogP contribution in [0.5, 0.6) is 0 Å². The lowest BCUT2D eigenvalue weighted by Crippen LogP contribution is -2.37. The molecule has 0 saturated carbocycles. The molecule has 4 heterocycles. The number of rotatable bonds is 8. The monoisotopic (exact) mass is 471 g/mol. The molecule has 1 saturated heterocycles. The Labute approximate surface area is 207 Å². The molecule has 1 N–H and O–H groups in total. The van der Waals surface area contributed by atoms with Crippen LogP contribution < -0.4 is 15.1 Å². The Hall–Kier alpha value is -3.49. The summed E-state index contributed by atoms with van der Waals surface area (Å²) in [5, 5.41) is 3.45. The minimum atomic E-state index is 0.692. The number of pyridine rings is 1. The van der Waals surface area contributed by atoms with Crippen molar-refractivity contribution in [2.45, 2.75) is 6.42 Å². The van der Waals surface area contributed by atoms with Gasteiger partial charge in [-0.15, -0.1) is 0 Å². The summed E-state index contributed by atoms with van der Waals surface area (Å²) in [5.41, 5.74) is 6.36. The molecule has 2 aliphatic heterocycles. The molecular weight excluding hydrogens is 438 g/mol. The number of aromatic nitrogens is 3. The van der Waals surface area contributed by atoms with E-state index in [1.54, 1.807) is 0 Å². The van der Waals surface area contributed by atoms with Crippen LogP contribution in [0.4, 0.5) is 17.5 Å². The number of hydrogen-bond acceptors (Lipinski definition) is 8. The molecule has 8 heteroatoms. The van der Waals surface area contributed by atoms with Gasteiger partial charge in [0.25, 0.3) is 0 Å². The van der Waals surface area contributed by atoms with E-state index in [2.05, 4.69) is 69.9 Å². The van der Waals surface area contributed by atoms with E-state index in [1.807, 2.05) is 24.5 Å². The van der Waals surface area contributed by atoms with Gasteiger partial charge in [-0.05, 0) is 44.3 Å². The summed E-state index contributed by atoms with van der Waals surface area (Å²) in [6.45, 7) is 9.91. The molecule has 8 nitrogen and oxygen atoms in total. The molecule has 35 heavy (non-hydrogen) atoms. The fourth-order valence-electron chi connectivity index (χ4n) is 4.55. The van der Waals surface area contributed by atoms with E-state index in [9.17, 15) is 0 Å². The molecule has 0 amide bonds. The number of anilines is 3. The highest BCUT2D eigenvalue weighted by molar-refractivity contribution is 5.78. The topological polar surface area (TPSA) is 69.7 Å². The Morgan fingerprint density at radius 2 is 1.89 bits per heavy atom. The van der Waals surface area contributed by atoms with Gasteiger partial charge in [-0.25, -0.2) is 4.98 Å². The number of likely N-dealkylation sites (N-methyl/N-ethyl adjacent to an activating group) is 1. The summed E-state index contributed by atoms with van der Waals surface area (Å²) in [6, 6.07) is 12.6. The normalized spacial score (nSPS) is 15.4. The zero-order valence-electron chi connectivity index (χ0n) is 20.6. The molecule has 0 radical (unpaired) electrons. The van der Waals surface area contributed by atoms with Gasteiger partial charge < -0.3 is 24.8 Å². The molecule has 2 aromatic heterocycles. The maximum atomic E-state index is 5.57. The molecule has 1 fully saturated rings. The van der Waals surface area contributed by atoms with Crippen molar-refractivity contribution >= 4 is 23.2 Å². The first-order valence-electron chi connectivity index (χ1n) is 12.2. The van der Waals surface area contributed by atoms with Crippen LogP contribution in [-0.4, -0.2) is 79.9 Å². The van der Waals surface area contributed by atoms with Gasteiger partial charge in [-0.3, -0.25) is 4.98 Å². The molecule has 0 aliphatic carbocycles. The summed E-state index contributed by atoms with van der Waals surface area (Å²) in [4.78, 5) is 21.0. The molecule has 0 bridgehead atoms. The predicted octanol–water partition coefficient (Wildman–Crippen LogP) is 3.19. The van der Waals surface area contributed by atoms with Crippen LogP contribution in [0.25, 0.3) is 17.0 Å². The summed E-state index contributed by atoms with van der Waals surface area (Å²) in [7, 11) is 4.14. The SMILES string of the molecule is C=C(NCCN(C)C)c1cccc(-c2nc(N3CCOCC3)nc3c2CCN3c2ccncc2)c1. The van der Waals surface area contributed by atoms with E-state index >= 15 is 0 Å². The second-order valence-electron chi connectivity index (χ2n) is 9.17. The second kappa shape index (κ2) is 10.4. The Morgan fingerprint density at radius 1 is 1.09 bits per heavy atom. The maximum Gasteiger partial charge on any atom is 0.228 e. The van der Waals surface area contributed by atoms with E-state index in [0.717, 1.165) is 79.1 Å². The van der Waals surface area contributed by atoms with Crippen molar-refractivity contribution in [2.75, 3.05) is 69.8 Å². The highest BCUT2D eigenvalue weighted by atomic mass is 16.5. The van der Waals surface area contributed by atoms with Gasteiger partial charge in [-0.2, -0.15) is 4.98 Å². The zero-order chi connectivity index (χ0) is 24.2. The number of nitrogens with one attached hydrogen (secondary N) is 1. The van der Waals surface area contributed by atoms with Crippen molar-refractivity contribution in [3.8, 4) is 11.3 Å². The number of hydrogen-bond donors (Lipinski definition) is 1. The Kier molecular flexibility index (Phi) is 6.92. The quantitative estimate of drug-likeness (QED) is 0.537. The fourth-order valence-corrected chi connectivity index (χ4v) is 4.55. The molecule has 0 atom stereocenters. The number of morpholine rings is 1. The van der Waals surface area contributed by atoms with Crippen LogP contribution in [0.2, 0.25) is 0 Å². The van der Waals surface area contributed by atoms with Gasteiger partial charge in [0.15, 0.2) is 0 Å². The largest absolute Gasteiger partial charge is 0.384 e. The van der Waals surface area contributed by atoms with Crippen molar-refractivity contribution in [3.63, 3.8) is 0 Å². The molecular formula is C27H33N7O. The van der Waals surface area contributed by atoms with Crippen molar-refractivity contribution in [2.24, 2.45) is 0 Å². The standard InChI is InChI=1S/C27H33N7O/c1-20(29-12-14-32(2)3)21-5-4-6-22(19-21)25-24-9-13-34(23-7-10-28-11-8-23)26(24)31-27(30-25)33-15-17-35-18-16-33/h4-8,10-11,19,29H,1,9,12-18H2,2-3H3. The summed E-state index contributed by atoms with van der Waals surface area (Å²) in [5.74, 6) is 1.74. The Morgan fingerprint density at radius 3 is 2.66 bits per heavy atom. The molecule has 1 aromatic carbocycles. The van der Waals surface area contributed by atoms with E-state index in [4.69, 9.17) is 14.7 Å². The zero-order valence-corrected chi connectivity index (χ0v) is 20.6. The minimum Gasteiger partial charge on any atom is -0.384 e. The van der Waals surface area contributed by atoms with Crippen LogP contribution in [-0.2, 0) is 11.2 Å². The number of benzene rings is 1. The summed E-state index contributed by atoms with van der Waals surface area (Å²) < 4.78 is 5.57. The molecule has 3 aromatic rings. The van der Waals surface area contributed by atoms with Crippen molar-refractivity contribution < 1.29 is 4.74 Å². The van der Waals surface area contributed by atoms with Crippen molar-refractivity contribution in [3.05, 3.63) is 66.5 Å². The third-order valence-corrected chi connectivity index (χ3v) is 6.46. The molecule has 5 rings (SSSR count). The van der Waals surface area contributed by atoms with Gasteiger partial charge in [0, 0.05) is 67.6 Å².